The number of carbonyl (C=O) groups is 1. The Morgan fingerprint density at radius 1 is 1.15 bits per heavy atom. The highest BCUT2D eigenvalue weighted by atomic mass is 16.5. The predicted molar refractivity (Wildman–Crippen MR) is 96.4 cm³/mol. The van der Waals surface area contributed by atoms with Crippen LogP contribution in [0.2, 0.25) is 0 Å². The van der Waals surface area contributed by atoms with Gasteiger partial charge in [0.1, 0.15) is 11.4 Å². The fourth-order valence-electron chi connectivity index (χ4n) is 4.93. The van der Waals surface area contributed by atoms with Gasteiger partial charge in [0.25, 0.3) is 0 Å². The third kappa shape index (κ3) is 2.16. The van der Waals surface area contributed by atoms with E-state index in [4.69, 9.17) is 4.74 Å². The van der Waals surface area contributed by atoms with Crippen molar-refractivity contribution in [1.29, 1.82) is 0 Å². The Labute approximate surface area is 153 Å². The SMILES string of the molecule is Cc1ncc2c(n1)COC21CN(C(=O)C2(c3ccccc3)CCCC2)C1. The molecule has 1 spiro atoms. The standard InChI is InChI=1S/C21H23N3O2/c1-15-22-11-17-18(23-15)12-26-21(17)13-24(14-21)19(25)20(9-5-6-10-20)16-7-3-2-4-8-16/h2-4,7-8,11H,5-6,9-10,12-14H2,1H3. The lowest BCUT2D eigenvalue weighted by Crippen LogP contribution is -2.64. The summed E-state index contributed by atoms with van der Waals surface area (Å²) in [7, 11) is 0. The molecule has 0 unspecified atom stereocenters. The first kappa shape index (κ1) is 15.9. The first-order valence-corrected chi connectivity index (χ1v) is 9.45. The Hall–Kier alpha value is -2.27. The maximum Gasteiger partial charge on any atom is 0.233 e. The number of rotatable bonds is 2. The van der Waals surface area contributed by atoms with E-state index in [1.54, 1.807) is 0 Å². The van der Waals surface area contributed by atoms with Crippen LogP contribution in [-0.2, 0) is 27.2 Å². The lowest BCUT2D eigenvalue weighted by molar-refractivity contribution is -0.173. The minimum absolute atomic E-state index is 0.261. The number of aryl methyl sites for hydroxylation is 1. The maximum atomic E-state index is 13.5. The molecule has 1 saturated carbocycles. The van der Waals surface area contributed by atoms with Crippen molar-refractivity contribution in [1.82, 2.24) is 14.9 Å². The van der Waals surface area contributed by atoms with Gasteiger partial charge in [-0.3, -0.25) is 4.79 Å². The highest BCUT2D eigenvalue weighted by Crippen LogP contribution is 2.48. The first-order valence-electron chi connectivity index (χ1n) is 9.45. The zero-order valence-corrected chi connectivity index (χ0v) is 15.1. The van der Waals surface area contributed by atoms with Crippen molar-refractivity contribution in [2.75, 3.05) is 13.1 Å². The highest BCUT2D eigenvalue weighted by molar-refractivity contribution is 5.89. The summed E-state index contributed by atoms with van der Waals surface area (Å²) >= 11 is 0. The number of benzene rings is 1. The van der Waals surface area contributed by atoms with Gasteiger partial charge in [0.15, 0.2) is 0 Å². The first-order chi connectivity index (χ1) is 12.6. The van der Waals surface area contributed by atoms with Crippen LogP contribution in [0.3, 0.4) is 0 Å². The summed E-state index contributed by atoms with van der Waals surface area (Å²) in [5.74, 6) is 1.03. The molecule has 0 N–H and O–H groups in total. The fourth-order valence-corrected chi connectivity index (χ4v) is 4.93. The number of fused-ring (bicyclic) bond motifs is 2. The molecule has 0 bridgehead atoms. The van der Waals surface area contributed by atoms with Gasteiger partial charge in [-0.1, -0.05) is 43.2 Å². The average molecular weight is 349 g/mol. The topological polar surface area (TPSA) is 55.3 Å². The molecule has 3 aliphatic rings. The van der Waals surface area contributed by atoms with Crippen LogP contribution in [0.1, 0.15) is 48.3 Å². The van der Waals surface area contributed by atoms with Gasteiger partial charge in [-0.2, -0.15) is 0 Å². The van der Waals surface area contributed by atoms with Crippen LogP contribution in [0.25, 0.3) is 0 Å². The van der Waals surface area contributed by atoms with E-state index < -0.39 is 5.60 Å². The van der Waals surface area contributed by atoms with E-state index >= 15 is 0 Å². The van der Waals surface area contributed by atoms with Crippen molar-refractivity contribution in [3.05, 3.63) is 59.2 Å². The van der Waals surface area contributed by atoms with Gasteiger partial charge in [-0.05, 0) is 25.3 Å². The number of ether oxygens (including phenoxy) is 1. The Kier molecular flexibility index (Phi) is 3.44. The molecule has 2 aliphatic heterocycles. The molecule has 5 rings (SSSR count). The largest absolute Gasteiger partial charge is 0.360 e. The van der Waals surface area contributed by atoms with Gasteiger partial charge >= 0.3 is 0 Å². The van der Waals surface area contributed by atoms with E-state index in [0.717, 1.165) is 48.3 Å². The molecule has 1 aromatic carbocycles. The molecule has 0 atom stereocenters. The summed E-state index contributed by atoms with van der Waals surface area (Å²) < 4.78 is 6.09. The van der Waals surface area contributed by atoms with Gasteiger partial charge in [0.05, 0.1) is 30.8 Å². The number of amides is 1. The van der Waals surface area contributed by atoms with Crippen LogP contribution < -0.4 is 0 Å². The van der Waals surface area contributed by atoms with Gasteiger partial charge in [0.2, 0.25) is 5.91 Å². The van der Waals surface area contributed by atoms with E-state index in [-0.39, 0.29) is 11.3 Å². The molecule has 2 aromatic rings. The van der Waals surface area contributed by atoms with Crippen molar-refractivity contribution >= 4 is 5.91 Å². The van der Waals surface area contributed by atoms with Crippen LogP contribution in [0.5, 0.6) is 0 Å². The van der Waals surface area contributed by atoms with E-state index in [2.05, 4.69) is 22.1 Å². The quantitative estimate of drug-likeness (QED) is 0.837. The van der Waals surface area contributed by atoms with E-state index in [9.17, 15) is 4.79 Å². The number of likely N-dealkylation sites (tertiary alicyclic amines) is 1. The molecule has 1 aliphatic carbocycles. The lowest BCUT2D eigenvalue weighted by Gasteiger charge is -2.50. The third-order valence-corrected chi connectivity index (χ3v) is 6.34. The zero-order chi connectivity index (χ0) is 17.8. The number of carbonyl (C=O) groups excluding carboxylic acids is 1. The average Bonchev–Trinajstić information content (AvgIpc) is 3.26. The number of hydrogen-bond acceptors (Lipinski definition) is 4. The van der Waals surface area contributed by atoms with Crippen molar-refractivity contribution in [3.8, 4) is 0 Å². The summed E-state index contributed by atoms with van der Waals surface area (Å²) in [6, 6.07) is 10.3. The summed E-state index contributed by atoms with van der Waals surface area (Å²) in [6.45, 7) is 3.63. The summed E-state index contributed by atoms with van der Waals surface area (Å²) in [4.78, 5) is 24.3. The Balaban J connectivity index is 1.41. The second-order valence-electron chi connectivity index (χ2n) is 7.88. The summed E-state index contributed by atoms with van der Waals surface area (Å²) in [5, 5.41) is 0. The predicted octanol–water partition coefficient (Wildman–Crippen LogP) is 2.86. The molecule has 26 heavy (non-hydrogen) atoms. The monoisotopic (exact) mass is 349 g/mol. The second-order valence-corrected chi connectivity index (χ2v) is 7.88. The molecule has 1 aromatic heterocycles. The van der Waals surface area contributed by atoms with Crippen molar-refractivity contribution < 1.29 is 9.53 Å². The normalized spacial score (nSPS) is 22.3. The second kappa shape index (κ2) is 5.61. The molecule has 2 fully saturated rings. The van der Waals surface area contributed by atoms with E-state index in [0.29, 0.717) is 19.7 Å². The minimum Gasteiger partial charge on any atom is -0.360 e. The molecule has 1 saturated heterocycles. The molecule has 0 radical (unpaired) electrons. The molecule has 5 heteroatoms. The van der Waals surface area contributed by atoms with Crippen LogP contribution in [-0.4, -0.2) is 33.9 Å². The number of hydrogen-bond donors (Lipinski definition) is 0. The fraction of sp³-hybridized carbons (Fsp3) is 0.476. The molecular formula is C21H23N3O2. The van der Waals surface area contributed by atoms with E-state index in [1.807, 2.05) is 36.2 Å². The zero-order valence-electron chi connectivity index (χ0n) is 15.1. The van der Waals surface area contributed by atoms with Crippen LogP contribution in [0.15, 0.2) is 36.5 Å². The Morgan fingerprint density at radius 2 is 1.88 bits per heavy atom. The number of nitrogens with zero attached hydrogens (tertiary/aromatic N) is 3. The van der Waals surface area contributed by atoms with Crippen molar-refractivity contribution in [3.63, 3.8) is 0 Å². The van der Waals surface area contributed by atoms with Crippen LogP contribution in [0, 0.1) is 6.92 Å². The molecule has 1 amide bonds. The Bertz CT molecular complexity index is 853. The van der Waals surface area contributed by atoms with Crippen molar-refractivity contribution in [2.45, 2.75) is 50.2 Å². The molecular weight excluding hydrogens is 326 g/mol. The van der Waals surface area contributed by atoms with Gasteiger partial charge < -0.3 is 9.64 Å². The summed E-state index contributed by atoms with van der Waals surface area (Å²) in [6.07, 6.45) is 6.01. The van der Waals surface area contributed by atoms with Crippen molar-refractivity contribution in [2.24, 2.45) is 0 Å². The molecule has 3 heterocycles. The molecule has 5 nitrogen and oxygen atoms in total. The molecule has 134 valence electrons. The lowest BCUT2D eigenvalue weighted by atomic mass is 9.75. The van der Waals surface area contributed by atoms with Crippen LogP contribution in [0.4, 0.5) is 0 Å². The number of aromatic nitrogens is 2. The van der Waals surface area contributed by atoms with Crippen LogP contribution >= 0.6 is 0 Å². The highest BCUT2D eigenvalue weighted by Gasteiger charge is 2.56. The minimum atomic E-state index is -0.394. The third-order valence-electron chi connectivity index (χ3n) is 6.34. The van der Waals surface area contributed by atoms with Gasteiger partial charge in [-0.15, -0.1) is 0 Å². The smallest absolute Gasteiger partial charge is 0.233 e. The van der Waals surface area contributed by atoms with Gasteiger partial charge in [-0.25, -0.2) is 9.97 Å². The van der Waals surface area contributed by atoms with E-state index in [1.165, 1.54) is 0 Å². The Morgan fingerprint density at radius 3 is 2.62 bits per heavy atom. The van der Waals surface area contributed by atoms with Gasteiger partial charge in [0, 0.05) is 11.8 Å². The summed E-state index contributed by atoms with van der Waals surface area (Å²) in [5.41, 5.74) is 2.45. The maximum absolute atomic E-state index is 13.5.